The second-order valence-corrected chi connectivity index (χ2v) is 7.25. The summed E-state index contributed by atoms with van der Waals surface area (Å²) in [4.78, 5) is 23.5. The number of amides is 1. The molecule has 0 unspecified atom stereocenters. The Bertz CT molecular complexity index is 622. The Morgan fingerprint density at radius 2 is 1.82 bits per heavy atom. The Hall–Kier alpha value is -1.89. The highest BCUT2D eigenvalue weighted by Gasteiger charge is 2.18. The van der Waals surface area contributed by atoms with Crippen LogP contribution in [0.1, 0.15) is 36.2 Å². The lowest BCUT2D eigenvalue weighted by molar-refractivity contribution is -0.129. The van der Waals surface area contributed by atoms with E-state index < -0.39 is 21.9 Å². The van der Waals surface area contributed by atoms with Crippen LogP contribution in [0.4, 0.5) is 0 Å². The molecule has 1 N–H and O–H groups in total. The van der Waals surface area contributed by atoms with Gasteiger partial charge < -0.3 is 10.1 Å². The van der Waals surface area contributed by atoms with Gasteiger partial charge in [0.05, 0.1) is 11.3 Å². The van der Waals surface area contributed by atoms with Gasteiger partial charge in [-0.1, -0.05) is 19.1 Å². The molecule has 1 aromatic carbocycles. The number of hydrogen-bond donors (Lipinski definition) is 1. The first kappa shape index (κ1) is 18.2. The minimum absolute atomic E-state index is 0.0852. The van der Waals surface area contributed by atoms with Crippen molar-refractivity contribution in [2.75, 3.05) is 12.8 Å². The van der Waals surface area contributed by atoms with Gasteiger partial charge >= 0.3 is 5.97 Å². The van der Waals surface area contributed by atoms with Gasteiger partial charge in [0.2, 0.25) is 0 Å². The average molecular weight is 327 g/mol. The molecule has 0 aliphatic heterocycles. The third kappa shape index (κ3) is 6.26. The minimum Gasteiger partial charge on any atom is -0.449 e. The molecule has 1 rings (SSSR count). The molecule has 0 aliphatic carbocycles. The second-order valence-electron chi connectivity index (χ2n) is 5.11. The molecule has 1 amide bonds. The molecule has 6 nitrogen and oxygen atoms in total. The van der Waals surface area contributed by atoms with Crippen molar-refractivity contribution in [1.29, 1.82) is 0 Å². The molecule has 1 atom stereocenters. The highest BCUT2D eigenvalue weighted by molar-refractivity contribution is 7.89. The third-order valence-electron chi connectivity index (χ3n) is 2.82. The molecule has 1 aromatic rings. The predicted octanol–water partition coefficient (Wildman–Crippen LogP) is 1.30. The van der Waals surface area contributed by atoms with E-state index in [4.69, 9.17) is 4.74 Å². The molecule has 0 saturated carbocycles. The van der Waals surface area contributed by atoms with E-state index in [2.05, 4.69) is 5.32 Å². The van der Waals surface area contributed by atoms with Crippen molar-refractivity contribution < 1.29 is 22.7 Å². The van der Waals surface area contributed by atoms with Crippen LogP contribution in [0.3, 0.4) is 0 Å². The molecular formula is C15H21NO5S. The second kappa shape index (κ2) is 7.93. The Morgan fingerprint density at radius 1 is 1.23 bits per heavy atom. The standard InChI is InChI=1S/C15H21NO5S/c1-4-9-16-14(17)11(2)21-15(18)13-7-5-12(6-8-13)10-22(3,19)20/h5-8,11H,4,9-10H2,1-3H3,(H,16,17)/t11-/m1/s1. The molecule has 122 valence electrons. The SMILES string of the molecule is CCCNC(=O)[C@@H](C)OC(=O)c1ccc(CS(C)(=O)=O)cc1. The molecule has 0 heterocycles. The molecule has 0 aliphatic rings. The van der Waals surface area contributed by atoms with Gasteiger partial charge in [0.1, 0.15) is 0 Å². The van der Waals surface area contributed by atoms with E-state index in [1.807, 2.05) is 6.92 Å². The van der Waals surface area contributed by atoms with Crippen LogP contribution in [-0.2, 0) is 25.1 Å². The number of hydrogen-bond acceptors (Lipinski definition) is 5. The van der Waals surface area contributed by atoms with Crippen LogP contribution >= 0.6 is 0 Å². The summed E-state index contributed by atoms with van der Waals surface area (Å²) < 4.78 is 27.4. The summed E-state index contributed by atoms with van der Waals surface area (Å²) >= 11 is 0. The minimum atomic E-state index is -3.12. The maximum atomic E-state index is 11.9. The Balaban J connectivity index is 2.64. The van der Waals surface area contributed by atoms with Gasteiger partial charge in [-0.25, -0.2) is 13.2 Å². The summed E-state index contributed by atoms with van der Waals surface area (Å²) in [7, 11) is -3.12. The average Bonchev–Trinajstić information content (AvgIpc) is 2.43. The van der Waals surface area contributed by atoms with E-state index in [-0.39, 0.29) is 17.2 Å². The fraction of sp³-hybridized carbons (Fsp3) is 0.467. The molecule has 0 fully saturated rings. The summed E-state index contributed by atoms with van der Waals surface area (Å²) in [5.74, 6) is -1.05. The first-order valence-electron chi connectivity index (χ1n) is 6.98. The number of sulfone groups is 1. The smallest absolute Gasteiger partial charge is 0.338 e. The van der Waals surface area contributed by atoms with E-state index >= 15 is 0 Å². The van der Waals surface area contributed by atoms with E-state index in [9.17, 15) is 18.0 Å². The van der Waals surface area contributed by atoms with Crippen molar-refractivity contribution in [1.82, 2.24) is 5.32 Å². The summed E-state index contributed by atoms with van der Waals surface area (Å²) in [6.07, 6.45) is 1.06. The molecule has 7 heteroatoms. The molecule has 0 bridgehead atoms. The topological polar surface area (TPSA) is 89.5 Å². The van der Waals surface area contributed by atoms with Crippen LogP contribution in [0.25, 0.3) is 0 Å². The van der Waals surface area contributed by atoms with E-state index in [0.29, 0.717) is 12.1 Å². The largest absolute Gasteiger partial charge is 0.449 e. The van der Waals surface area contributed by atoms with E-state index in [0.717, 1.165) is 12.7 Å². The van der Waals surface area contributed by atoms with Crippen molar-refractivity contribution >= 4 is 21.7 Å². The van der Waals surface area contributed by atoms with Crippen molar-refractivity contribution in [3.05, 3.63) is 35.4 Å². The maximum absolute atomic E-state index is 11.9. The van der Waals surface area contributed by atoms with Gasteiger partial charge in [-0.15, -0.1) is 0 Å². The highest BCUT2D eigenvalue weighted by Crippen LogP contribution is 2.10. The first-order valence-corrected chi connectivity index (χ1v) is 9.04. The Morgan fingerprint density at radius 3 is 2.32 bits per heavy atom. The van der Waals surface area contributed by atoms with Crippen LogP contribution in [0.5, 0.6) is 0 Å². The quantitative estimate of drug-likeness (QED) is 0.763. The highest BCUT2D eigenvalue weighted by atomic mass is 32.2. The third-order valence-corrected chi connectivity index (χ3v) is 3.68. The zero-order valence-corrected chi connectivity index (χ0v) is 13.8. The van der Waals surface area contributed by atoms with Gasteiger partial charge in [0, 0.05) is 12.8 Å². The number of ether oxygens (including phenoxy) is 1. The summed E-state index contributed by atoms with van der Waals surface area (Å²) in [5, 5.41) is 2.64. The number of benzene rings is 1. The Kier molecular flexibility index (Phi) is 6.55. The number of carbonyl (C=O) groups is 2. The fourth-order valence-corrected chi connectivity index (χ4v) is 2.51. The van der Waals surface area contributed by atoms with Crippen molar-refractivity contribution in [2.45, 2.75) is 32.1 Å². The predicted molar refractivity (Wildman–Crippen MR) is 83.2 cm³/mol. The van der Waals surface area contributed by atoms with Crippen LogP contribution in [0, 0.1) is 0 Å². The van der Waals surface area contributed by atoms with Gasteiger partial charge in [-0.05, 0) is 31.0 Å². The lowest BCUT2D eigenvalue weighted by Gasteiger charge is -2.13. The lowest BCUT2D eigenvalue weighted by atomic mass is 10.1. The fourth-order valence-electron chi connectivity index (χ4n) is 1.71. The summed E-state index contributed by atoms with van der Waals surface area (Å²) in [6, 6.07) is 6.08. The molecule has 0 radical (unpaired) electrons. The number of nitrogens with one attached hydrogen (secondary N) is 1. The summed E-state index contributed by atoms with van der Waals surface area (Å²) in [5.41, 5.74) is 0.861. The number of esters is 1. The van der Waals surface area contributed by atoms with E-state index in [1.165, 1.54) is 19.1 Å². The molecule has 0 saturated heterocycles. The molecule has 0 spiro atoms. The molecular weight excluding hydrogens is 306 g/mol. The first-order chi connectivity index (χ1) is 10.2. The van der Waals surface area contributed by atoms with Crippen LogP contribution < -0.4 is 5.32 Å². The monoisotopic (exact) mass is 327 g/mol. The van der Waals surface area contributed by atoms with Gasteiger partial charge in [0.25, 0.3) is 5.91 Å². The molecule has 0 aromatic heterocycles. The normalized spacial score (nSPS) is 12.5. The zero-order valence-electron chi connectivity index (χ0n) is 13.0. The van der Waals surface area contributed by atoms with Crippen LogP contribution in [0.2, 0.25) is 0 Å². The van der Waals surface area contributed by atoms with E-state index in [1.54, 1.807) is 12.1 Å². The molecule has 22 heavy (non-hydrogen) atoms. The van der Waals surface area contributed by atoms with Gasteiger partial charge in [-0.3, -0.25) is 4.79 Å². The van der Waals surface area contributed by atoms with Crippen molar-refractivity contribution in [2.24, 2.45) is 0 Å². The zero-order chi connectivity index (χ0) is 16.8. The Labute approximate surface area is 130 Å². The van der Waals surface area contributed by atoms with Crippen LogP contribution in [-0.4, -0.2) is 39.2 Å². The van der Waals surface area contributed by atoms with Crippen LogP contribution in [0.15, 0.2) is 24.3 Å². The van der Waals surface area contributed by atoms with Gasteiger partial charge in [-0.2, -0.15) is 0 Å². The van der Waals surface area contributed by atoms with Gasteiger partial charge in [0.15, 0.2) is 15.9 Å². The lowest BCUT2D eigenvalue weighted by Crippen LogP contribution is -2.36. The van der Waals surface area contributed by atoms with Crippen molar-refractivity contribution in [3.8, 4) is 0 Å². The number of carbonyl (C=O) groups excluding carboxylic acids is 2. The van der Waals surface area contributed by atoms with Crippen molar-refractivity contribution in [3.63, 3.8) is 0 Å². The maximum Gasteiger partial charge on any atom is 0.338 e. The number of rotatable bonds is 7. The summed E-state index contributed by atoms with van der Waals surface area (Å²) in [6.45, 7) is 3.96.